The van der Waals surface area contributed by atoms with Gasteiger partial charge >= 0.3 is 0 Å². The van der Waals surface area contributed by atoms with Crippen LogP contribution < -0.4 is 0 Å². The molecule has 0 atom stereocenters. The first-order chi connectivity index (χ1) is 5.79. The van der Waals surface area contributed by atoms with E-state index in [1.165, 1.54) is 41.1 Å². The van der Waals surface area contributed by atoms with Gasteiger partial charge in [-0.3, -0.25) is 0 Å². The largest absolute Gasteiger partial charge is 0.0807 e. The Morgan fingerprint density at radius 2 is 2.08 bits per heavy atom. The number of halogens is 2. The van der Waals surface area contributed by atoms with Crippen molar-refractivity contribution in [1.82, 2.24) is 0 Å². The molecule has 0 radical (unpaired) electrons. The van der Waals surface area contributed by atoms with Crippen molar-refractivity contribution < 1.29 is 0 Å². The van der Waals surface area contributed by atoms with Crippen LogP contribution in [0, 0.1) is 5.92 Å². The van der Waals surface area contributed by atoms with E-state index in [4.69, 9.17) is 0 Å². The summed E-state index contributed by atoms with van der Waals surface area (Å²) in [5.74, 6) is 0.894. The van der Waals surface area contributed by atoms with Gasteiger partial charge < -0.3 is 0 Å². The highest BCUT2D eigenvalue weighted by molar-refractivity contribution is 9.28. The highest BCUT2D eigenvalue weighted by atomic mass is 79.9. The van der Waals surface area contributed by atoms with Crippen LogP contribution in [0.1, 0.15) is 32.1 Å². The Balaban J connectivity index is 2.25. The van der Waals surface area contributed by atoms with Gasteiger partial charge in [0.05, 0.1) is 3.39 Å². The molecule has 2 rings (SSSR count). The third-order valence-corrected chi connectivity index (χ3v) is 3.55. The van der Waals surface area contributed by atoms with Gasteiger partial charge in [-0.15, -0.1) is 0 Å². The zero-order chi connectivity index (χ0) is 8.55. The number of hydrogen-bond acceptors (Lipinski definition) is 0. The maximum absolute atomic E-state index is 3.53. The topological polar surface area (TPSA) is 0 Å². The van der Waals surface area contributed by atoms with Gasteiger partial charge in [0, 0.05) is 0 Å². The Kier molecular flexibility index (Phi) is 2.75. The van der Waals surface area contributed by atoms with Crippen molar-refractivity contribution in [3.05, 3.63) is 20.6 Å². The molecule has 0 aromatic carbocycles. The van der Waals surface area contributed by atoms with E-state index in [0.717, 1.165) is 5.92 Å². The van der Waals surface area contributed by atoms with Crippen LogP contribution in [0.4, 0.5) is 0 Å². The first kappa shape index (κ1) is 9.01. The molecule has 2 aliphatic carbocycles. The first-order valence-electron chi connectivity index (χ1n) is 4.53. The summed E-state index contributed by atoms with van der Waals surface area (Å²) in [5, 5.41) is 0. The molecular formula is C10H12Br2. The lowest BCUT2D eigenvalue weighted by Crippen LogP contribution is -1.98. The van der Waals surface area contributed by atoms with Crippen molar-refractivity contribution in [3.8, 4) is 0 Å². The van der Waals surface area contributed by atoms with E-state index in [-0.39, 0.29) is 0 Å². The van der Waals surface area contributed by atoms with Crippen molar-refractivity contribution in [3.63, 3.8) is 0 Å². The highest BCUT2D eigenvalue weighted by Crippen LogP contribution is 2.45. The summed E-state index contributed by atoms with van der Waals surface area (Å²) in [6, 6.07) is 0. The van der Waals surface area contributed by atoms with Gasteiger partial charge in [0.2, 0.25) is 0 Å². The number of allylic oxidation sites excluding steroid dienone is 3. The Labute approximate surface area is 90.4 Å². The molecule has 12 heavy (non-hydrogen) atoms. The van der Waals surface area contributed by atoms with Crippen molar-refractivity contribution >= 4 is 31.9 Å². The fourth-order valence-electron chi connectivity index (χ4n) is 1.81. The predicted octanol–water partition coefficient (Wildman–Crippen LogP) is 4.51. The summed E-state index contributed by atoms with van der Waals surface area (Å²) in [6.07, 6.45) is 9.08. The summed E-state index contributed by atoms with van der Waals surface area (Å²) >= 11 is 7.06. The molecule has 0 aliphatic heterocycles. The molecule has 0 aromatic rings. The van der Waals surface area contributed by atoms with Gasteiger partial charge in [-0.25, -0.2) is 0 Å². The van der Waals surface area contributed by atoms with Crippen LogP contribution in [0.3, 0.4) is 0 Å². The first-order valence-corrected chi connectivity index (χ1v) is 6.12. The average Bonchev–Trinajstić information content (AvgIpc) is 2.87. The van der Waals surface area contributed by atoms with Gasteiger partial charge in [-0.2, -0.15) is 0 Å². The average molecular weight is 292 g/mol. The zero-order valence-electron chi connectivity index (χ0n) is 6.95. The van der Waals surface area contributed by atoms with Crippen molar-refractivity contribution in [2.24, 2.45) is 5.92 Å². The summed E-state index contributed by atoms with van der Waals surface area (Å²) in [4.78, 5) is 0. The van der Waals surface area contributed by atoms with Crippen LogP contribution in [-0.2, 0) is 0 Å². The van der Waals surface area contributed by atoms with E-state index in [9.17, 15) is 0 Å². The predicted molar refractivity (Wildman–Crippen MR) is 59.5 cm³/mol. The summed E-state index contributed by atoms with van der Waals surface area (Å²) in [5.41, 5.74) is 3.13. The Hall–Kier alpha value is 0.440. The minimum absolute atomic E-state index is 0.894. The molecule has 0 aromatic heterocycles. The number of hydrogen-bond donors (Lipinski definition) is 0. The molecule has 0 bridgehead atoms. The summed E-state index contributed by atoms with van der Waals surface area (Å²) < 4.78 is 1.17. The smallest absolute Gasteiger partial charge is 0.0638 e. The van der Waals surface area contributed by atoms with E-state index in [2.05, 4.69) is 37.9 Å². The third-order valence-electron chi connectivity index (χ3n) is 2.59. The molecule has 0 saturated heterocycles. The van der Waals surface area contributed by atoms with Crippen molar-refractivity contribution in [1.29, 1.82) is 0 Å². The van der Waals surface area contributed by atoms with Gasteiger partial charge in [-0.05, 0) is 81.0 Å². The lowest BCUT2D eigenvalue weighted by molar-refractivity contribution is 0.773. The monoisotopic (exact) mass is 290 g/mol. The van der Waals surface area contributed by atoms with Crippen LogP contribution in [0.25, 0.3) is 0 Å². The highest BCUT2D eigenvalue weighted by Gasteiger charge is 2.29. The molecule has 0 nitrogen and oxygen atoms in total. The lowest BCUT2D eigenvalue weighted by atomic mass is 9.92. The van der Waals surface area contributed by atoms with Crippen molar-refractivity contribution in [2.45, 2.75) is 32.1 Å². The van der Waals surface area contributed by atoms with E-state index < -0.39 is 0 Å². The Morgan fingerprint density at radius 1 is 1.33 bits per heavy atom. The fourth-order valence-corrected chi connectivity index (χ4v) is 2.67. The van der Waals surface area contributed by atoms with Crippen molar-refractivity contribution in [2.75, 3.05) is 0 Å². The van der Waals surface area contributed by atoms with Crippen LogP contribution in [0.5, 0.6) is 0 Å². The standard InChI is InChI=1S/C10H12Br2/c11-10(12)9-4-2-1-3-8(9)7-5-6-7/h3,7H,1-2,4-6H2. The molecule has 0 spiro atoms. The van der Waals surface area contributed by atoms with Gasteiger partial charge in [-0.1, -0.05) is 6.08 Å². The molecule has 2 heteroatoms. The molecule has 1 saturated carbocycles. The molecular weight excluding hydrogens is 280 g/mol. The molecule has 0 heterocycles. The molecule has 0 amide bonds. The van der Waals surface area contributed by atoms with E-state index >= 15 is 0 Å². The maximum Gasteiger partial charge on any atom is 0.0638 e. The van der Waals surface area contributed by atoms with Crippen LogP contribution in [-0.4, -0.2) is 0 Å². The van der Waals surface area contributed by atoms with E-state index in [1.54, 1.807) is 5.57 Å². The van der Waals surface area contributed by atoms with Gasteiger partial charge in [0.15, 0.2) is 0 Å². The zero-order valence-corrected chi connectivity index (χ0v) is 10.1. The Morgan fingerprint density at radius 3 is 2.67 bits per heavy atom. The second-order valence-corrected chi connectivity index (χ2v) is 6.22. The van der Waals surface area contributed by atoms with Crippen LogP contribution in [0.15, 0.2) is 20.6 Å². The Bertz CT molecular complexity index is 243. The number of rotatable bonds is 1. The second kappa shape index (κ2) is 3.67. The summed E-state index contributed by atoms with van der Waals surface area (Å²) in [7, 11) is 0. The third kappa shape index (κ3) is 1.85. The van der Waals surface area contributed by atoms with Crippen LogP contribution in [0.2, 0.25) is 0 Å². The van der Waals surface area contributed by atoms with Crippen LogP contribution >= 0.6 is 31.9 Å². The van der Waals surface area contributed by atoms with E-state index in [1.807, 2.05) is 0 Å². The molecule has 2 aliphatic rings. The van der Waals surface area contributed by atoms with E-state index in [0.29, 0.717) is 0 Å². The lowest BCUT2D eigenvalue weighted by Gasteiger charge is -2.16. The molecule has 0 unspecified atom stereocenters. The fraction of sp³-hybridized carbons (Fsp3) is 0.600. The molecule has 0 N–H and O–H groups in total. The minimum Gasteiger partial charge on any atom is -0.0807 e. The normalized spacial score (nSPS) is 23.8. The quantitative estimate of drug-likeness (QED) is 0.667. The summed E-state index contributed by atoms with van der Waals surface area (Å²) in [6.45, 7) is 0. The van der Waals surface area contributed by atoms with Gasteiger partial charge in [0.1, 0.15) is 0 Å². The minimum atomic E-state index is 0.894. The second-order valence-electron chi connectivity index (χ2n) is 3.56. The SMILES string of the molecule is BrC(Br)=C1CCCC=C1C1CC1. The molecule has 66 valence electrons. The maximum atomic E-state index is 3.53. The van der Waals surface area contributed by atoms with Gasteiger partial charge in [0.25, 0.3) is 0 Å². The molecule has 1 fully saturated rings.